The van der Waals surface area contributed by atoms with Gasteiger partial charge in [0.2, 0.25) is 5.89 Å². The van der Waals surface area contributed by atoms with E-state index in [4.69, 9.17) is 4.42 Å². The molecule has 0 aliphatic heterocycles. The van der Waals surface area contributed by atoms with Crippen LogP contribution in [0.25, 0.3) is 0 Å². The molecule has 1 aromatic rings. The van der Waals surface area contributed by atoms with Gasteiger partial charge in [0.25, 0.3) is 0 Å². The number of hydrogen-bond donors (Lipinski definition) is 0. The highest BCUT2D eigenvalue weighted by Crippen LogP contribution is 2.60. The zero-order chi connectivity index (χ0) is 13.7. The molecule has 5 rings (SSSR count). The molecule has 0 saturated heterocycles. The summed E-state index contributed by atoms with van der Waals surface area (Å²) < 4.78 is 10.1. The number of carbonyl (C=O) groups excluding carboxylic acids is 1. The predicted octanol–water partition coefficient (Wildman–Crippen LogP) is 2.62. The Hall–Kier alpha value is -1.39. The van der Waals surface area contributed by atoms with Crippen LogP contribution in [0.5, 0.6) is 0 Å². The Morgan fingerprint density at radius 1 is 1.20 bits per heavy atom. The van der Waals surface area contributed by atoms with Crippen LogP contribution in [-0.2, 0) is 11.2 Å². The molecule has 4 saturated carbocycles. The molecule has 1 aromatic heterocycles. The molecule has 0 amide bonds. The Kier molecular flexibility index (Phi) is 2.66. The third-order valence-electron chi connectivity index (χ3n) is 5.52. The second kappa shape index (κ2) is 4.30. The summed E-state index contributed by atoms with van der Waals surface area (Å²) in [5.41, 5.74) is 0.356. The summed E-state index contributed by atoms with van der Waals surface area (Å²) in [5.74, 6) is 2.76. The largest absolute Gasteiger partial charge is 0.462 e. The zero-order valence-corrected chi connectivity index (χ0v) is 11.8. The quantitative estimate of drug-likeness (QED) is 0.794. The smallest absolute Gasteiger partial charge is 0.396 e. The SMILES string of the molecule is COC(=O)c1nnc(CC23CC4CC(CC(C4)C2)C3)o1. The van der Waals surface area contributed by atoms with Crippen LogP contribution in [0.15, 0.2) is 4.42 Å². The summed E-state index contributed by atoms with van der Waals surface area (Å²) in [6.45, 7) is 0. The zero-order valence-electron chi connectivity index (χ0n) is 11.8. The maximum atomic E-state index is 11.4. The fourth-order valence-electron chi connectivity index (χ4n) is 5.32. The molecule has 0 spiro atoms. The number of nitrogens with zero attached hydrogens (tertiary/aromatic N) is 2. The van der Waals surface area contributed by atoms with Crippen molar-refractivity contribution in [3.63, 3.8) is 0 Å². The lowest BCUT2D eigenvalue weighted by Crippen LogP contribution is -2.47. The summed E-state index contributed by atoms with van der Waals surface area (Å²) in [5, 5.41) is 7.84. The number of carbonyl (C=O) groups is 1. The minimum absolute atomic E-state index is 0.0211. The predicted molar refractivity (Wildman–Crippen MR) is 69.9 cm³/mol. The Morgan fingerprint density at radius 3 is 2.35 bits per heavy atom. The van der Waals surface area contributed by atoms with E-state index < -0.39 is 5.97 Å². The second-order valence-corrected chi connectivity index (χ2v) is 7.09. The first kappa shape index (κ1) is 12.4. The molecule has 0 unspecified atom stereocenters. The lowest BCUT2D eigenvalue weighted by Gasteiger charge is -2.56. The van der Waals surface area contributed by atoms with Crippen molar-refractivity contribution in [1.82, 2.24) is 10.2 Å². The van der Waals surface area contributed by atoms with Crippen LogP contribution in [0.1, 0.15) is 55.1 Å². The molecule has 5 heteroatoms. The van der Waals surface area contributed by atoms with E-state index >= 15 is 0 Å². The molecule has 108 valence electrons. The Labute approximate surface area is 118 Å². The summed E-state index contributed by atoms with van der Waals surface area (Å²) >= 11 is 0. The van der Waals surface area contributed by atoms with Crippen molar-refractivity contribution < 1.29 is 13.9 Å². The minimum atomic E-state index is -0.547. The van der Waals surface area contributed by atoms with E-state index in [1.54, 1.807) is 0 Å². The highest BCUT2D eigenvalue weighted by atomic mass is 16.5. The van der Waals surface area contributed by atoms with Gasteiger partial charge in [0.15, 0.2) is 0 Å². The summed E-state index contributed by atoms with van der Waals surface area (Å²) in [4.78, 5) is 11.4. The number of esters is 1. The number of aromatic nitrogens is 2. The van der Waals surface area contributed by atoms with Gasteiger partial charge in [-0.05, 0) is 61.7 Å². The Morgan fingerprint density at radius 2 is 1.80 bits per heavy atom. The van der Waals surface area contributed by atoms with Gasteiger partial charge in [0, 0.05) is 6.42 Å². The van der Waals surface area contributed by atoms with Gasteiger partial charge >= 0.3 is 11.9 Å². The van der Waals surface area contributed by atoms with Crippen molar-refractivity contribution in [2.45, 2.75) is 44.9 Å². The van der Waals surface area contributed by atoms with Crippen LogP contribution in [-0.4, -0.2) is 23.3 Å². The van der Waals surface area contributed by atoms with Gasteiger partial charge in [-0.2, -0.15) is 0 Å². The molecule has 0 aromatic carbocycles. The van der Waals surface area contributed by atoms with E-state index in [2.05, 4.69) is 14.9 Å². The van der Waals surface area contributed by atoms with Crippen LogP contribution >= 0.6 is 0 Å². The second-order valence-electron chi connectivity index (χ2n) is 7.09. The van der Waals surface area contributed by atoms with Crippen molar-refractivity contribution in [3.05, 3.63) is 11.8 Å². The average molecular weight is 276 g/mol. The molecular formula is C15H20N2O3. The first-order valence-electron chi connectivity index (χ1n) is 7.56. The first-order valence-corrected chi connectivity index (χ1v) is 7.56. The van der Waals surface area contributed by atoms with Crippen LogP contribution < -0.4 is 0 Å². The fraction of sp³-hybridized carbons (Fsp3) is 0.800. The van der Waals surface area contributed by atoms with E-state index in [0.717, 1.165) is 24.2 Å². The van der Waals surface area contributed by atoms with Crippen LogP contribution in [0.2, 0.25) is 0 Å². The number of methoxy groups -OCH3 is 1. The van der Waals surface area contributed by atoms with Crippen molar-refractivity contribution in [2.24, 2.45) is 23.2 Å². The normalized spacial score (nSPS) is 38.1. The summed E-state index contributed by atoms with van der Waals surface area (Å²) in [6, 6.07) is 0. The van der Waals surface area contributed by atoms with E-state index in [0.29, 0.717) is 11.3 Å². The lowest BCUT2D eigenvalue weighted by atomic mass is 9.49. The molecule has 4 aliphatic carbocycles. The topological polar surface area (TPSA) is 65.2 Å². The van der Waals surface area contributed by atoms with E-state index in [-0.39, 0.29) is 5.89 Å². The highest BCUT2D eigenvalue weighted by molar-refractivity contribution is 5.83. The van der Waals surface area contributed by atoms with Crippen molar-refractivity contribution >= 4 is 5.97 Å². The third-order valence-corrected chi connectivity index (χ3v) is 5.52. The standard InChI is InChI=1S/C15H20N2O3/c1-19-14(18)13-17-16-12(20-13)8-15-5-9-2-10(6-15)4-11(3-9)7-15/h9-11H,2-8H2,1H3. The van der Waals surface area contributed by atoms with Crippen molar-refractivity contribution in [3.8, 4) is 0 Å². The van der Waals surface area contributed by atoms with E-state index in [1.807, 2.05) is 0 Å². The third kappa shape index (κ3) is 1.95. The number of hydrogen-bond acceptors (Lipinski definition) is 5. The summed E-state index contributed by atoms with van der Waals surface area (Å²) in [7, 11) is 1.32. The highest BCUT2D eigenvalue weighted by Gasteiger charge is 2.51. The Balaban J connectivity index is 1.54. The molecule has 0 atom stereocenters. The molecule has 4 aliphatic rings. The van der Waals surface area contributed by atoms with Gasteiger partial charge in [-0.3, -0.25) is 0 Å². The number of ether oxygens (including phenoxy) is 1. The molecule has 5 nitrogen and oxygen atoms in total. The van der Waals surface area contributed by atoms with Gasteiger partial charge in [0.1, 0.15) is 0 Å². The van der Waals surface area contributed by atoms with Crippen LogP contribution in [0.4, 0.5) is 0 Å². The van der Waals surface area contributed by atoms with Gasteiger partial charge in [-0.25, -0.2) is 4.79 Å². The lowest BCUT2D eigenvalue weighted by molar-refractivity contribution is -0.0552. The van der Waals surface area contributed by atoms with Gasteiger partial charge in [-0.15, -0.1) is 10.2 Å². The van der Waals surface area contributed by atoms with Gasteiger partial charge < -0.3 is 9.15 Å². The van der Waals surface area contributed by atoms with E-state index in [1.165, 1.54) is 45.6 Å². The molecule has 4 bridgehead atoms. The van der Waals surface area contributed by atoms with Crippen molar-refractivity contribution in [2.75, 3.05) is 7.11 Å². The van der Waals surface area contributed by atoms with Crippen LogP contribution in [0, 0.1) is 23.2 Å². The van der Waals surface area contributed by atoms with Crippen LogP contribution in [0.3, 0.4) is 0 Å². The van der Waals surface area contributed by atoms with Gasteiger partial charge in [0.05, 0.1) is 7.11 Å². The Bertz CT molecular complexity index is 502. The summed E-state index contributed by atoms with van der Waals surface area (Å²) in [6.07, 6.45) is 9.02. The molecule has 0 N–H and O–H groups in total. The van der Waals surface area contributed by atoms with Gasteiger partial charge in [-0.1, -0.05) is 0 Å². The first-order chi connectivity index (χ1) is 9.66. The minimum Gasteiger partial charge on any atom is -0.462 e. The number of rotatable bonds is 3. The monoisotopic (exact) mass is 276 g/mol. The van der Waals surface area contributed by atoms with Crippen molar-refractivity contribution in [1.29, 1.82) is 0 Å². The molecular weight excluding hydrogens is 256 g/mol. The average Bonchev–Trinajstić information content (AvgIpc) is 2.83. The maximum absolute atomic E-state index is 11.4. The maximum Gasteiger partial charge on any atom is 0.396 e. The molecule has 1 heterocycles. The fourth-order valence-corrected chi connectivity index (χ4v) is 5.32. The molecule has 0 radical (unpaired) electrons. The molecule has 4 fully saturated rings. The molecule has 20 heavy (non-hydrogen) atoms. The van der Waals surface area contributed by atoms with E-state index in [9.17, 15) is 4.79 Å².